The van der Waals surface area contributed by atoms with Crippen molar-refractivity contribution in [3.05, 3.63) is 0 Å². The predicted molar refractivity (Wildman–Crippen MR) is 73.7 cm³/mol. The first kappa shape index (κ1) is 13.9. The Balaban J connectivity index is 2.45. The first-order chi connectivity index (χ1) is 7.20. The van der Waals surface area contributed by atoms with Gasteiger partial charge >= 0.3 is 0 Å². The molecule has 1 fully saturated rings. The normalized spacial score (nSPS) is 24.2. The molecule has 4 N–H and O–H groups in total. The highest BCUT2D eigenvalue weighted by Crippen LogP contribution is 2.28. The minimum atomic E-state index is 0.197. The van der Waals surface area contributed by atoms with Crippen molar-refractivity contribution in [2.45, 2.75) is 64.1 Å². The number of thiocarbonyl (C=S) groups is 1. The Hall–Kier alpha value is -0.190. The second-order valence-electron chi connectivity index (χ2n) is 6.17. The van der Waals surface area contributed by atoms with Crippen LogP contribution in [0.4, 0.5) is 0 Å². The Morgan fingerprint density at radius 1 is 1.31 bits per heavy atom. The maximum Gasteiger partial charge on any atom is 0.0740 e. The second-order valence-corrected chi connectivity index (χ2v) is 6.69. The highest BCUT2D eigenvalue weighted by atomic mass is 32.1. The number of hydrogen-bond acceptors (Lipinski definition) is 3. The Bertz CT molecular complexity index is 245. The van der Waals surface area contributed by atoms with Gasteiger partial charge in [0.2, 0.25) is 0 Å². The summed E-state index contributed by atoms with van der Waals surface area (Å²) < 4.78 is 0. The van der Waals surface area contributed by atoms with E-state index >= 15 is 0 Å². The van der Waals surface area contributed by atoms with Crippen molar-refractivity contribution < 1.29 is 0 Å². The van der Waals surface area contributed by atoms with E-state index < -0.39 is 0 Å². The van der Waals surface area contributed by atoms with E-state index in [4.69, 9.17) is 18.0 Å². The number of nitrogens with two attached hydrogens (primary N) is 1. The first-order valence-corrected chi connectivity index (χ1v) is 6.42. The highest BCUT2D eigenvalue weighted by molar-refractivity contribution is 7.80. The molecule has 0 aromatic rings. The summed E-state index contributed by atoms with van der Waals surface area (Å²) in [5.41, 5.74) is 5.89. The van der Waals surface area contributed by atoms with E-state index in [9.17, 15) is 0 Å². The average molecular weight is 243 g/mol. The summed E-state index contributed by atoms with van der Waals surface area (Å²) in [6.07, 6.45) is 3.08. The Morgan fingerprint density at radius 2 is 1.81 bits per heavy atom. The zero-order valence-corrected chi connectivity index (χ0v) is 11.7. The minimum Gasteiger partial charge on any atom is -0.393 e. The molecule has 0 aliphatic carbocycles. The third-order valence-corrected chi connectivity index (χ3v) is 3.20. The minimum absolute atomic E-state index is 0.197. The fourth-order valence-corrected chi connectivity index (χ4v) is 2.97. The third-order valence-electron chi connectivity index (χ3n) is 2.99. The lowest BCUT2D eigenvalue weighted by atomic mass is 9.79. The highest BCUT2D eigenvalue weighted by Gasteiger charge is 2.37. The van der Waals surface area contributed by atoms with Crippen molar-refractivity contribution in [3.63, 3.8) is 0 Å². The van der Waals surface area contributed by atoms with Crippen LogP contribution in [0.5, 0.6) is 0 Å². The topological polar surface area (TPSA) is 50.1 Å². The average Bonchev–Trinajstić information content (AvgIpc) is 1.96. The van der Waals surface area contributed by atoms with Gasteiger partial charge in [0.1, 0.15) is 0 Å². The quantitative estimate of drug-likeness (QED) is 0.656. The summed E-state index contributed by atoms with van der Waals surface area (Å²) in [4.78, 5) is 0.597. The van der Waals surface area contributed by atoms with Crippen LogP contribution < -0.4 is 16.4 Å². The maximum atomic E-state index is 5.49. The smallest absolute Gasteiger partial charge is 0.0740 e. The number of rotatable bonds is 4. The summed E-state index contributed by atoms with van der Waals surface area (Å²) >= 11 is 4.88. The van der Waals surface area contributed by atoms with Crippen molar-refractivity contribution in [1.82, 2.24) is 10.6 Å². The molecule has 0 aromatic carbocycles. The Labute approximate surface area is 105 Å². The summed E-state index contributed by atoms with van der Waals surface area (Å²) in [5.74, 6) is 0. The van der Waals surface area contributed by atoms with E-state index in [0.717, 1.165) is 25.8 Å². The van der Waals surface area contributed by atoms with Crippen LogP contribution in [0.25, 0.3) is 0 Å². The van der Waals surface area contributed by atoms with Gasteiger partial charge in [-0.05, 0) is 40.5 Å². The molecular formula is C12H25N3S. The van der Waals surface area contributed by atoms with E-state index in [-0.39, 0.29) is 11.1 Å². The monoisotopic (exact) mass is 243 g/mol. The van der Waals surface area contributed by atoms with Gasteiger partial charge in [-0.25, -0.2) is 0 Å². The maximum absolute atomic E-state index is 5.49. The Kier molecular flexibility index (Phi) is 4.32. The molecule has 3 nitrogen and oxygen atoms in total. The van der Waals surface area contributed by atoms with Crippen LogP contribution in [0.1, 0.15) is 47.0 Å². The van der Waals surface area contributed by atoms with Gasteiger partial charge in [0.05, 0.1) is 4.99 Å². The molecule has 1 saturated heterocycles. The van der Waals surface area contributed by atoms with Crippen LogP contribution in [0.3, 0.4) is 0 Å². The van der Waals surface area contributed by atoms with Crippen molar-refractivity contribution in [2.24, 2.45) is 5.73 Å². The van der Waals surface area contributed by atoms with E-state index in [1.807, 2.05) is 0 Å². The van der Waals surface area contributed by atoms with Gasteiger partial charge in [0, 0.05) is 30.1 Å². The molecule has 1 rings (SSSR count). The van der Waals surface area contributed by atoms with Crippen LogP contribution in [-0.4, -0.2) is 28.7 Å². The van der Waals surface area contributed by atoms with E-state index in [0.29, 0.717) is 11.0 Å². The lowest BCUT2D eigenvalue weighted by molar-refractivity contribution is 0.147. The Morgan fingerprint density at radius 3 is 2.25 bits per heavy atom. The lowest BCUT2D eigenvalue weighted by Gasteiger charge is -2.46. The second kappa shape index (κ2) is 4.98. The molecule has 0 amide bonds. The van der Waals surface area contributed by atoms with Crippen LogP contribution in [0.15, 0.2) is 0 Å². The van der Waals surface area contributed by atoms with E-state index in [2.05, 4.69) is 38.3 Å². The fraction of sp³-hybridized carbons (Fsp3) is 0.917. The molecular weight excluding hydrogens is 218 g/mol. The molecule has 0 atom stereocenters. The molecule has 94 valence electrons. The van der Waals surface area contributed by atoms with E-state index in [1.165, 1.54) is 0 Å². The summed E-state index contributed by atoms with van der Waals surface area (Å²) in [5, 5.41) is 7.23. The molecule has 0 spiro atoms. The molecule has 0 bridgehead atoms. The number of hydrogen-bond donors (Lipinski definition) is 3. The summed E-state index contributed by atoms with van der Waals surface area (Å²) in [6.45, 7) is 9.94. The van der Waals surface area contributed by atoms with Gasteiger partial charge in [0.15, 0.2) is 0 Å². The zero-order chi connectivity index (χ0) is 12.4. The molecule has 1 aliphatic heterocycles. The summed E-state index contributed by atoms with van der Waals surface area (Å²) in [7, 11) is 0. The predicted octanol–water partition coefficient (Wildman–Crippen LogP) is 1.56. The van der Waals surface area contributed by atoms with Gasteiger partial charge in [-0.3, -0.25) is 0 Å². The molecule has 4 heteroatoms. The van der Waals surface area contributed by atoms with Gasteiger partial charge in [-0.15, -0.1) is 0 Å². The molecule has 1 aliphatic rings. The zero-order valence-electron chi connectivity index (χ0n) is 10.9. The molecule has 16 heavy (non-hydrogen) atoms. The first-order valence-electron chi connectivity index (χ1n) is 6.01. The fourth-order valence-electron chi connectivity index (χ4n) is 2.87. The van der Waals surface area contributed by atoms with Gasteiger partial charge in [0.25, 0.3) is 0 Å². The van der Waals surface area contributed by atoms with Crippen molar-refractivity contribution in [3.8, 4) is 0 Å². The van der Waals surface area contributed by atoms with E-state index in [1.54, 1.807) is 0 Å². The SMILES string of the molecule is CC1(C)CC(NCCC(N)=S)CC(C)(C)N1. The molecule has 0 saturated carbocycles. The lowest BCUT2D eigenvalue weighted by Crippen LogP contribution is -2.61. The van der Waals surface area contributed by atoms with Gasteiger partial charge in [-0.2, -0.15) is 0 Å². The molecule has 0 unspecified atom stereocenters. The standard InChI is InChI=1S/C12H25N3S/c1-11(2)7-9(8-12(3,4)15-11)14-6-5-10(13)16/h9,14-15H,5-8H2,1-4H3,(H2,13,16). The van der Waals surface area contributed by atoms with Crippen LogP contribution in [0, 0.1) is 0 Å². The van der Waals surface area contributed by atoms with Gasteiger partial charge < -0.3 is 16.4 Å². The molecule has 0 aromatic heterocycles. The van der Waals surface area contributed by atoms with Crippen LogP contribution in [-0.2, 0) is 0 Å². The molecule has 1 heterocycles. The van der Waals surface area contributed by atoms with Crippen molar-refractivity contribution in [2.75, 3.05) is 6.54 Å². The van der Waals surface area contributed by atoms with Gasteiger partial charge in [-0.1, -0.05) is 12.2 Å². The third kappa shape index (κ3) is 4.76. The summed E-state index contributed by atoms with van der Waals surface area (Å²) in [6, 6.07) is 0.556. The molecule has 0 radical (unpaired) electrons. The number of nitrogens with one attached hydrogen (secondary N) is 2. The number of piperidine rings is 1. The largest absolute Gasteiger partial charge is 0.393 e. The van der Waals surface area contributed by atoms with Crippen molar-refractivity contribution >= 4 is 17.2 Å². The van der Waals surface area contributed by atoms with Crippen molar-refractivity contribution in [1.29, 1.82) is 0 Å². The van der Waals surface area contributed by atoms with Crippen LogP contribution >= 0.6 is 12.2 Å². The van der Waals surface area contributed by atoms with Crippen LogP contribution in [0.2, 0.25) is 0 Å².